The Balaban J connectivity index is 2.06. The number of ketones is 1. The van der Waals surface area contributed by atoms with Gasteiger partial charge >= 0.3 is 5.69 Å². The molecule has 214 valence electrons. The Hall–Kier alpha value is -3.64. The molecule has 0 bridgehead atoms. The number of halogens is 1. The highest BCUT2D eigenvalue weighted by Crippen LogP contribution is 2.34. The third kappa shape index (κ3) is 5.25. The first-order valence-corrected chi connectivity index (χ1v) is 13.9. The summed E-state index contributed by atoms with van der Waals surface area (Å²) >= 11 is 1.19. The van der Waals surface area contributed by atoms with Gasteiger partial charge in [0, 0.05) is 17.5 Å². The third-order valence-electron chi connectivity index (χ3n) is 6.83. The summed E-state index contributed by atoms with van der Waals surface area (Å²) in [7, 11) is 1.47. The largest absolute Gasteiger partial charge is 0.496 e. The van der Waals surface area contributed by atoms with Crippen LogP contribution in [-0.2, 0) is 21.6 Å². The normalized spacial score (nSPS) is 12.8. The minimum absolute atomic E-state index is 0.0718. The van der Waals surface area contributed by atoms with E-state index in [9.17, 15) is 18.8 Å². The fourth-order valence-electron chi connectivity index (χ4n) is 4.82. The highest BCUT2D eigenvalue weighted by atomic mass is 32.1. The molecule has 4 aromatic rings. The average Bonchev–Trinajstić information content (AvgIpc) is 3.53. The van der Waals surface area contributed by atoms with Crippen molar-refractivity contribution in [1.82, 2.24) is 24.1 Å². The average molecular weight is 572 g/mol. The van der Waals surface area contributed by atoms with Gasteiger partial charge in [0.1, 0.15) is 33.0 Å². The molecule has 0 saturated heterocycles. The van der Waals surface area contributed by atoms with Crippen molar-refractivity contribution in [2.45, 2.75) is 78.7 Å². The molecule has 1 aromatic carbocycles. The molecule has 0 aliphatic carbocycles. The lowest BCUT2D eigenvalue weighted by molar-refractivity contribution is -0.126. The zero-order valence-corrected chi connectivity index (χ0v) is 24.5. The number of hydrogen-bond donors (Lipinski definition) is 0. The number of ether oxygens (including phenoxy) is 2. The lowest BCUT2D eigenvalue weighted by Crippen LogP contribution is -2.52. The van der Waals surface area contributed by atoms with Crippen molar-refractivity contribution >= 4 is 27.3 Å². The molecule has 0 radical (unpaired) electrons. The lowest BCUT2D eigenvalue weighted by atomic mass is 9.95. The summed E-state index contributed by atoms with van der Waals surface area (Å²) in [6.07, 6.45) is 2.72. The van der Waals surface area contributed by atoms with E-state index in [-0.39, 0.29) is 30.2 Å². The van der Waals surface area contributed by atoms with Crippen LogP contribution in [0.25, 0.3) is 15.2 Å². The highest BCUT2D eigenvalue weighted by molar-refractivity contribution is 7.21. The van der Waals surface area contributed by atoms with Crippen molar-refractivity contribution in [1.29, 1.82) is 0 Å². The zero-order chi connectivity index (χ0) is 29.4. The predicted octanol–water partition coefficient (Wildman–Crippen LogP) is 4.53. The first-order valence-electron chi connectivity index (χ1n) is 13.1. The Kier molecular flexibility index (Phi) is 8.41. The van der Waals surface area contributed by atoms with E-state index in [0.29, 0.717) is 33.1 Å². The van der Waals surface area contributed by atoms with Crippen LogP contribution in [0.4, 0.5) is 4.39 Å². The van der Waals surface area contributed by atoms with Gasteiger partial charge in [-0.1, -0.05) is 18.3 Å². The number of fused-ring (bicyclic) bond motifs is 1. The molecule has 3 heterocycles. The number of nitrogens with zero attached hydrogens (tertiary/aromatic N) is 5. The fraction of sp³-hybridized carbons (Fsp3) is 0.464. The van der Waals surface area contributed by atoms with Crippen LogP contribution >= 0.6 is 11.3 Å². The molecule has 4 rings (SSSR count). The zero-order valence-electron chi connectivity index (χ0n) is 23.7. The fourth-order valence-corrected chi connectivity index (χ4v) is 6.04. The van der Waals surface area contributed by atoms with E-state index >= 15 is 0 Å². The van der Waals surface area contributed by atoms with Gasteiger partial charge in [0.25, 0.3) is 5.56 Å². The molecule has 0 unspecified atom stereocenters. The maximum absolute atomic E-state index is 14.4. The molecule has 0 N–H and O–H groups in total. The van der Waals surface area contributed by atoms with E-state index in [2.05, 4.69) is 10.2 Å². The summed E-state index contributed by atoms with van der Waals surface area (Å²) in [5.74, 6) is -0.323. The maximum atomic E-state index is 14.4. The van der Waals surface area contributed by atoms with Gasteiger partial charge < -0.3 is 9.47 Å². The Labute approximate surface area is 235 Å². The molecule has 10 nitrogen and oxygen atoms in total. The molecule has 0 fully saturated rings. The van der Waals surface area contributed by atoms with Crippen LogP contribution in [0, 0.1) is 12.7 Å². The summed E-state index contributed by atoms with van der Waals surface area (Å²) < 4.78 is 28.6. The smallest absolute Gasteiger partial charge is 0.333 e. The Morgan fingerprint density at radius 1 is 1.18 bits per heavy atom. The van der Waals surface area contributed by atoms with E-state index in [0.717, 1.165) is 4.57 Å². The van der Waals surface area contributed by atoms with Crippen molar-refractivity contribution in [2.24, 2.45) is 0 Å². The summed E-state index contributed by atoms with van der Waals surface area (Å²) in [4.78, 5) is 43.2. The SMILES string of the molecule is CCCC(=O)C(C)(C)n1c(=O)c2c(C)c(-n3nccn3)sc2n(C[C@H](OC(C)C)c2cc(F)ccc2OC)c1=O. The number of rotatable bonds is 11. The van der Waals surface area contributed by atoms with E-state index in [1.54, 1.807) is 20.8 Å². The van der Waals surface area contributed by atoms with Crippen molar-refractivity contribution in [2.75, 3.05) is 7.11 Å². The van der Waals surface area contributed by atoms with Crippen LogP contribution in [0.2, 0.25) is 0 Å². The third-order valence-corrected chi connectivity index (χ3v) is 8.11. The van der Waals surface area contributed by atoms with Gasteiger partial charge in [0.15, 0.2) is 5.78 Å². The molecule has 0 aliphatic rings. The van der Waals surface area contributed by atoms with Gasteiger partial charge in [-0.25, -0.2) is 13.8 Å². The van der Waals surface area contributed by atoms with Crippen LogP contribution in [-0.4, -0.2) is 43.1 Å². The van der Waals surface area contributed by atoms with E-state index < -0.39 is 28.7 Å². The second kappa shape index (κ2) is 11.5. The van der Waals surface area contributed by atoms with Crippen LogP contribution < -0.4 is 16.0 Å². The molecular weight excluding hydrogens is 537 g/mol. The standard InChI is InChI=1S/C28H34FN5O5S/c1-8-9-22(35)28(5,6)33-24(36)23-17(4)25(34-30-12-13-31-34)40-26(23)32(27(33)37)15-21(39-16(2)3)19-14-18(29)10-11-20(19)38-7/h10-14,16,21H,8-9,15H2,1-7H3/t21-/m0/s1. The van der Waals surface area contributed by atoms with Gasteiger partial charge in [0.05, 0.1) is 37.5 Å². The lowest BCUT2D eigenvalue weighted by Gasteiger charge is -2.28. The van der Waals surface area contributed by atoms with E-state index in [1.807, 2.05) is 20.8 Å². The number of thiophene rings is 1. The maximum Gasteiger partial charge on any atom is 0.333 e. The molecule has 12 heteroatoms. The highest BCUT2D eigenvalue weighted by Gasteiger charge is 2.35. The summed E-state index contributed by atoms with van der Waals surface area (Å²) in [6.45, 7) is 10.4. The first-order chi connectivity index (χ1) is 18.9. The molecule has 1 atom stereocenters. The molecular formula is C28H34FN5O5S. The topological polar surface area (TPSA) is 110 Å². The van der Waals surface area contributed by atoms with E-state index in [1.165, 1.54) is 58.4 Å². The number of aromatic nitrogens is 5. The number of carbonyl (C=O) groups excluding carboxylic acids is 1. The molecule has 0 amide bonds. The Morgan fingerprint density at radius 3 is 2.45 bits per heavy atom. The Bertz CT molecular complexity index is 1650. The molecule has 3 aromatic heterocycles. The van der Waals surface area contributed by atoms with Gasteiger partial charge in [-0.2, -0.15) is 10.2 Å². The molecule has 0 saturated carbocycles. The number of aryl methyl sites for hydroxylation is 1. The Morgan fingerprint density at radius 2 is 1.85 bits per heavy atom. The van der Waals surface area contributed by atoms with Gasteiger partial charge in [0.2, 0.25) is 0 Å². The summed E-state index contributed by atoms with van der Waals surface area (Å²) in [5, 5.41) is 9.26. The molecule has 0 spiro atoms. The van der Waals surface area contributed by atoms with E-state index in [4.69, 9.17) is 9.47 Å². The number of carbonyl (C=O) groups is 1. The second-order valence-corrected chi connectivity index (χ2v) is 11.3. The number of methoxy groups -OCH3 is 1. The summed E-state index contributed by atoms with van der Waals surface area (Å²) in [6, 6.07) is 4.11. The minimum Gasteiger partial charge on any atom is -0.496 e. The van der Waals surface area contributed by atoms with Crippen LogP contribution in [0.1, 0.15) is 64.7 Å². The number of hydrogen-bond acceptors (Lipinski definition) is 8. The summed E-state index contributed by atoms with van der Waals surface area (Å²) in [5.41, 5.74) is -1.66. The quantitative estimate of drug-likeness (QED) is 0.260. The van der Waals surface area contributed by atoms with Crippen LogP contribution in [0.15, 0.2) is 40.2 Å². The second-order valence-electron chi connectivity index (χ2n) is 10.4. The van der Waals surface area contributed by atoms with Crippen molar-refractivity contribution in [3.05, 3.63) is 68.4 Å². The number of Topliss-reactive ketones (excluding diaryl/α,β-unsaturated/α-hetero) is 1. The van der Waals surface area contributed by atoms with Crippen molar-refractivity contribution in [3.8, 4) is 10.8 Å². The van der Waals surface area contributed by atoms with Crippen LogP contribution in [0.3, 0.4) is 0 Å². The van der Waals surface area contributed by atoms with Gasteiger partial charge in [-0.3, -0.25) is 14.2 Å². The monoisotopic (exact) mass is 571 g/mol. The molecule has 40 heavy (non-hydrogen) atoms. The van der Waals surface area contributed by atoms with Gasteiger partial charge in [-0.15, -0.1) is 4.80 Å². The number of benzene rings is 1. The van der Waals surface area contributed by atoms with Crippen molar-refractivity contribution < 1.29 is 18.7 Å². The van der Waals surface area contributed by atoms with Crippen LogP contribution in [0.5, 0.6) is 5.75 Å². The molecule has 0 aliphatic heterocycles. The predicted molar refractivity (Wildman–Crippen MR) is 151 cm³/mol. The minimum atomic E-state index is -1.41. The van der Waals surface area contributed by atoms with Crippen molar-refractivity contribution in [3.63, 3.8) is 0 Å². The first kappa shape index (κ1) is 29.3. The van der Waals surface area contributed by atoms with Gasteiger partial charge in [-0.05, 0) is 59.2 Å².